The van der Waals surface area contributed by atoms with E-state index >= 15 is 0 Å². The molecule has 1 fully saturated rings. The number of amides is 1. The SMILES string of the molecule is O=C(O)C[C@H]1S/C(=N\N=C/c2cccc(OCc3ccccc3Cl)c2)NC1=O. The molecule has 1 aliphatic heterocycles. The van der Waals surface area contributed by atoms with Gasteiger partial charge >= 0.3 is 5.97 Å². The molecule has 1 saturated heterocycles. The Labute approximate surface area is 170 Å². The molecule has 144 valence electrons. The Bertz CT molecular complexity index is 948. The molecule has 0 unspecified atom stereocenters. The molecule has 0 aromatic heterocycles. The van der Waals surface area contributed by atoms with Crippen molar-refractivity contribution in [1.82, 2.24) is 5.32 Å². The van der Waals surface area contributed by atoms with Crippen LogP contribution in [0.25, 0.3) is 0 Å². The van der Waals surface area contributed by atoms with Crippen LogP contribution in [0.5, 0.6) is 5.75 Å². The predicted molar refractivity (Wildman–Crippen MR) is 109 cm³/mol. The third kappa shape index (κ3) is 5.58. The minimum absolute atomic E-state index is 0.260. The van der Waals surface area contributed by atoms with E-state index in [1.54, 1.807) is 6.07 Å². The number of carboxylic acid groups (broad SMARTS) is 1. The highest BCUT2D eigenvalue weighted by molar-refractivity contribution is 8.15. The largest absolute Gasteiger partial charge is 0.489 e. The normalized spacial score (nSPS) is 17.8. The molecule has 0 spiro atoms. The molecular formula is C19H16ClN3O4S. The standard InChI is InChI=1S/C19H16ClN3O4S/c20-15-7-2-1-5-13(15)11-27-14-6-3-4-12(8-14)10-21-23-19-22-18(26)16(28-19)9-17(24)25/h1-8,10,16H,9,11H2,(H,24,25)(H,22,23,26)/b21-10-/t16-/m1/s1. The maximum absolute atomic E-state index is 11.7. The summed E-state index contributed by atoms with van der Waals surface area (Å²) in [5, 5.41) is 19.4. The van der Waals surface area contributed by atoms with E-state index in [1.165, 1.54) is 6.21 Å². The summed E-state index contributed by atoms with van der Waals surface area (Å²) in [6.45, 7) is 0.343. The molecule has 0 bridgehead atoms. The lowest BCUT2D eigenvalue weighted by Gasteiger charge is -2.08. The summed E-state index contributed by atoms with van der Waals surface area (Å²) >= 11 is 7.17. The van der Waals surface area contributed by atoms with E-state index in [2.05, 4.69) is 15.5 Å². The lowest BCUT2D eigenvalue weighted by molar-refractivity contribution is -0.138. The van der Waals surface area contributed by atoms with Gasteiger partial charge in [-0.2, -0.15) is 5.10 Å². The third-order valence-corrected chi connectivity index (χ3v) is 5.14. The average molecular weight is 418 g/mol. The minimum atomic E-state index is -1.04. The number of carboxylic acids is 1. The van der Waals surface area contributed by atoms with Crippen molar-refractivity contribution in [3.8, 4) is 5.75 Å². The highest BCUT2D eigenvalue weighted by Crippen LogP contribution is 2.22. The van der Waals surface area contributed by atoms with Crippen LogP contribution in [0.1, 0.15) is 17.5 Å². The van der Waals surface area contributed by atoms with Crippen LogP contribution in [0.3, 0.4) is 0 Å². The summed E-state index contributed by atoms with van der Waals surface area (Å²) in [4.78, 5) is 22.4. The van der Waals surface area contributed by atoms with Gasteiger partial charge in [0.15, 0.2) is 5.17 Å². The number of halogens is 1. The second kappa shape index (κ2) is 9.38. The fraction of sp³-hybridized carbons (Fsp3) is 0.158. The third-order valence-electron chi connectivity index (χ3n) is 3.70. The fourth-order valence-electron chi connectivity index (χ4n) is 2.35. The molecule has 28 heavy (non-hydrogen) atoms. The zero-order valence-corrected chi connectivity index (χ0v) is 16.1. The number of nitrogens with zero attached hydrogens (tertiary/aromatic N) is 2. The first-order valence-electron chi connectivity index (χ1n) is 8.28. The van der Waals surface area contributed by atoms with Crippen LogP contribution in [-0.2, 0) is 16.2 Å². The Balaban J connectivity index is 1.59. The first kappa shape index (κ1) is 19.9. The Kier molecular flexibility index (Phi) is 6.67. The molecule has 0 aliphatic carbocycles. The molecule has 1 aliphatic rings. The molecule has 2 aromatic carbocycles. The van der Waals surface area contributed by atoms with Crippen LogP contribution >= 0.6 is 23.4 Å². The van der Waals surface area contributed by atoms with Crippen LogP contribution in [0.4, 0.5) is 0 Å². The van der Waals surface area contributed by atoms with Gasteiger partial charge < -0.3 is 15.2 Å². The number of rotatable bonds is 7. The minimum Gasteiger partial charge on any atom is -0.489 e. The number of hydrogen-bond acceptors (Lipinski definition) is 6. The number of aliphatic carboxylic acids is 1. The van der Waals surface area contributed by atoms with Gasteiger partial charge in [-0.25, -0.2) is 0 Å². The summed E-state index contributed by atoms with van der Waals surface area (Å²) < 4.78 is 5.76. The van der Waals surface area contributed by atoms with Gasteiger partial charge in [-0.05, 0) is 23.8 Å². The first-order valence-corrected chi connectivity index (χ1v) is 9.53. The van der Waals surface area contributed by atoms with E-state index in [1.807, 2.05) is 42.5 Å². The van der Waals surface area contributed by atoms with Gasteiger partial charge in [-0.1, -0.05) is 53.7 Å². The van der Waals surface area contributed by atoms with Crippen molar-refractivity contribution >= 4 is 46.6 Å². The van der Waals surface area contributed by atoms with Gasteiger partial charge in [0.2, 0.25) is 5.91 Å². The monoisotopic (exact) mass is 417 g/mol. The van der Waals surface area contributed by atoms with Crippen LogP contribution in [0.2, 0.25) is 5.02 Å². The van der Waals surface area contributed by atoms with Crippen molar-refractivity contribution in [3.05, 3.63) is 64.7 Å². The van der Waals surface area contributed by atoms with Crippen molar-refractivity contribution in [2.24, 2.45) is 10.2 Å². The Morgan fingerprint density at radius 3 is 2.89 bits per heavy atom. The highest BCUT2D eigenvalue weighted by Gasteiger charge is 2.32. The maximum atomic E-state index is 11.7. The molecule has 3 rings (SSSR count). The Hall–Kier alpha value is -2.84. The summed E-state index contributed by atoms with van der Waals surface area (Å²) in [5.41, 5.74) is 1.65. The lowest BCUT2D eigenvalue weighted by Crippen LogP contribution is -2.26. The maximum Gasteiger partial charge on any atom is 0.305 e. The topological polar surface area (TPSA) is 100 Å². The molecule has 2 N–H and O–H groups in total. The van der Waals surface area contributed by atoms with Crippen LogP contribution in [0.15, 0.2) is 58.7 Å². The predicted octanol–water partition coefficient (Wildman–Crippen LogP) is 3.32. The Morgan fingerprint density at radius 2 is 2.11 bits per heavy atom. The van der Waals surface area contributed by atoms with E-state index < -0.39 is 11.2 Å². The van der Waals surface area contributed by atoms with Crippen LogP contribution < -0.4 is 10.1 Å². The Morgan fingerprint density at radius 1 is 1.29 bits per heavy atom. The molecule has 0 saturated carbocycles. The molecule has 1 atom stereocenters. The van der Waals surface area contributed by atoms with E-state index in [9.17, 15) is 9.59 Å². The zero-order chi connectivity index (χ0) is 19.9. The zero-order valence-electron chi connectivity index (χ0n) is 14.5. The summed E-state index contributed by atoms with van der Waals surface area (Å²) in [7, 11) is 0. The smallest absolute Gasteiger partial charge is 0.305 e. The van der Waals surface area contributed by atoms with Crippen LogP contribution in [-0.4, -0.2) is 33.6 Å². The van der Waals surface area contributed by atoms with Gasteiger partial charge in [0.05, 0.1) is 12.6 Å². The second-order valence-corrected chi connectivity index (χ2v) is 7.39. The average Bonchev–Trinajstić information content (AvgIpc) is 3.00. The van der Waals surface area contributed by atoms with Gasteiger partial charge in [0.25, 0.3) is 0 Å². The molecule has 0 radical (unpaired) electrons. The van der Waals surface area contributed by atoms with E-state index in [4.69, 9.17) is 21.4 Å². The van der Waals surface area contributed by atoms with Gasteiger partial charge in [0, 0.05) is 10.6 Å². The van der Waals surface area contributed by atoms with Gasteiger partial charge in [-0.15, -0.1) is 5.10 Å². The van der Waals surface area contributed by atoms with Crippen molar-refractivity contribution in [3.63, 3.8) is 0 Å². The first-order chi connectivity index (χ1) is 13.5. The number of carbonyl (C=O) groups excluding carboxylic acids is 1. The number of thioether (sulfide) groups is 1. The van der Waals surface area contributed by atoms with E-state index in [-0.39, 0.29) is 17.5 Å². The number of carbonyl (C=O) groups is 2. The number of nitrogens with one attached hydrogen (secondary N) is 1. The molecule has 1 amide bonds. The lowest BCUT2D eigenvalue weighted by atomic mass is 10.2. The number of amidine groups is 1. The van der Waals surface area contributed by atoms with Gasteiger partial charge in [0.1, 0.15) is 17.6 Å². The van der Waals surface area contributed by atoms with E-state index in [0.717, 1.165) is 22.9 Å². The fourth-order valence-corrected chi connectivity index (χ4v) is 3.46. The molecule has 7 nitrogen and oxygen atoms in total. The summed E-state index contributed by atoms with van der Waals surface area (Å²) in [6, 6.07) is 14.7. The highest BCUT2D eigenvalue weighted by atomic mass is 35.5. The number of ether oxygens (including phenoxy) is 1. The molecule has 1 heterocycles. The van der Waals surface area contributed by atoms with Gasteiger partial charge in [-0.3, -0.25) is 9.59 Å². The quantitative estimate of drug-likeness (QED) is 0.531. The summed E-state index contributed by atoms with van der Waals surface area (Å²) in [5.74, 6) is -0.760. The van der Waals surface area contributed by atoms with Crippen molar-refractivity contribution < 1.29 is 19.4 Å². The number of hydrogen-bond donors (Lipinski definition) is 2. The molecule has 9 heteroatoms. The number of benzene rings is 2. The molecule has 2 aromatic rings. The second-order valence-electron chi connectivity index (χ2n) is 5.80. The van der Waals surface area contributed by atoms with Crippen molar-refractivity contribution in [2.45, 2.75) is 18.3 Å². The molecular weight excluding hydrogens is 402 g/mol. The van der Waals surface area contributed by atoms with E-state index in [0.29, 0.717) is 17.4 Å². The summed E-state index contributed by atoms with van der Waals surface area (Å²) in [6.07, 6.45) is 1.26. The van der Waals surface area contributed by atoms with Crippen molar-refractivity contribution in [2.75, 3.05) is 0 Å². The van der Waals surface area contributed by atoms with Crippen molar-refractivity contribution in [1.29, 1.82) is 0 Å². The van der Waals surface area contributed by atoms with Crippen LogP contribution in [0, 0.1) is 0 Å².